The van der Waals surface area contributed by atoms with Gasteiger partial charge in [0.25, 0.3) is 0 Å². The fourth-order valence-corrected chi connectivity index (χ4v) is 5.33. The van der Waals surface area contributed by atoms with E-state index in [-0.39, 0.29) is 5.91 Å². The molecule has 1 saturated heterocycles. The monoisotopic (exact) mass is 498 g/mol. The Balaban J connectivity index is 1.26. The van der Waals surface area contributed by atoms with Crippen LogP contribution in [0.5, 0.6) is 0 Å². The molecule has 1 amide bonds. The molecule has 0 atom stereocenters. The van der Waals surface area contributed by atoms with E-state index in [4.69, 9.17) is 0 Å². The third-order valence-electron chi connectivity index (χ3n) is 6.61. The van der Waals surface area contributed by atoms with E-state index >= 15 is 0 Å². The molecule has 184 valence electrons. The van der Waals surface area contributed by atoms with Gasteiger partial charge in [-0.05, 0) is 48.7 Å². The summed E-state index contributed by atoms with van der Waals surface area (Å²) in [5.41, 5.74) is 5.67. The molecule has 5 rings (SSSR count). The lowest BCUT2D eigenvalue weighted by molar-refractivity contribution is -0.130. The predicted molar refractivity (Wildman–Crippen MR) is 143 cm³/mol. The summed E-state index contributed by atoms with van der Waals surface area (Å²) in [5.74, 6) is 1.18. The first-order chi connectivity index (χ1) is 17.6. The summed E-state index contributed by atoms with van der Waals surface area (Å²) in [6.07, 6.45) is 3.53. The van der Waals surface area contributed by atoms with E-state index in [0.717, 1.165) is 55.4 Å². The van der Waals surface area contributed by atoms with E-state index in [0.29, 0.717) is 10.9 Å². The molecule has 1 fully saturated rings. The number of hydrogen-bond acceptors (Lipinski definition) is 6. The molecule has 0 aliphatic carbocycles. The van der Waals surface area contributed by atoms with Crippen LogP contribution in [0.1, 0.15) is 16.7 Å². The largest absolute Gasteiger partial charge is 0.339 e. The molecule has 0 unspecified atom stereocenters. The van der Waals surface area contributed by atoms with Crippen LogP contribution in [-0.4, -0.2) is 67.4 Å². The number of hydrogen-bond donors (Lipinski definition) is 0. The van der Waals surface area contributed by atoms with Crippen molar-refractivity contribution in [3.63, 3.8) is 0 Å². The second-order valence-corrected chi connectivity index (χ2v) is 9.98. The minimum absolute atomic E-state index is 0.137. The predicted octanol–water partition coefficient (Wildman–Crippen LogP) is 4.38. The van der Waals surface area contributed by atoms with Gasteiger partial charge < -0.3 is 4.90 Å². The van der Waals surface area contributed by atoms with Crippen molar-refractivity contribution in [2.24, 2.45) is 0 Å². The van der Waals surface area contributed by atoms with Gasteiger partial charge in [0.1, 0.15) is 0 Å². The molecule has 2 aromatic carbocycles. The van der Waals surface area contributed by atoms with Crippen LogP contribution in [0, 0.1) is 13.8 Å². The number of carbonyl (C=O) groups is 1. The number of rotatable bonds is 7. The van der Waals surface area contributed by atoms with Crippen molar-refractivity contribution in [2.45, 2.75) is 25.5 Å². The second-order valence-electron chi connectivity index (χ2n) is 9.04. The van der Waals surface area contributed by atoms with Crippen LogP contribution < -0.4 is 0 Å². The Morgan fingerprint density at radius 1 is 0.889 bits per heavy atom. The third kappa shape index (κ3) is 5.34. The van der Waals surface area contributed by atoms with Crippen molar-refractivity contribution in [3.05, 3.63) is 89.7 Å². The Bertz CT molecular complexity index is 1330. The molecule has 7 nitrogen and oxygen atoms in total. The number of benzene rings is 2. The van der Waals surface area contributed by atoms with Crippen molar-refractivity contribution >= 4 is 17.7 Å². The van der Waals surface area contributed by atoms with Crippen LogP contribution in [0.4, 0.5) is 0 Å². The molecule has 8 heteroatoms. The molecule has 0 radical (unpaired) electrons. The maximum Gasteiger partial charge on any atom is 0.233 e. The Kier molecular flexibility index (Phi) is 7.44. The van der Waals surface area contributed by atoms with Crippen LogP contribution in [0.3, 0.4) is 0 Å². The zero-order valence-corrected chi connectivity index (χ0v) is 21.5. The Labute approximate surface area is 216 Å². The summed E-state index contributed by atoms with van der Waals surface area (Å²) in [5, 5.41) is 9.64. The Morgan fingerprint density at radius 2 is 1.64 bits per heavy atom. The zero-order valence-electron chi connectivity index (χ0n) is 20.7. The van der Waals surface area contributed by atoms with Gasteiger partial charge in [-0.1, -0.05) is 54.2 Å². The van der Waals surface area contributed by atoms with Gasteiger partial charge in [-0.2, -0.15) is 0 Å². The third-order valence-corrected chi connectivity index (χ3v) is 7.53. The topological polar surface area (TPSA) is 67.2 Å². The Hall–Kier alpha value is -3.49. The number of thioether (sulfide) groups is 1. The number of piperazine rings is 1. The molecular formula is C28H30N6OS. The second kappa shape index (κ2) is 11.1. The number of carbonyl (C=O) groups excluding carboxylic acids is 1. The quantitative estimate of drug-likeness (QED) is 0.352. The Morgan fingerprint density at radius 3 is 2.36 bits per heavy atom. The van der Waals surface area contributed by atoms with Crippen molar-refractivity contribution in [1.82, 2.24) is 29.5 Å². The lowest BCUT2D eigenvalue weighted by Crippen LogP contribution is -2.48. The summed E-state index contributed by atoms with van der Waals surface area (Å²) < 4.78 is 2.03. The van der Waals surface area contributed by atoms with Gasteiger partial charge in [0.15, 0.2) is 11.0 Å². The van der Waals surface area contributed by atoms with Gasteiger partial charge in [0.2, 0.25) is 5.91 Å². The van der Waals surface area contributed by atoms with E-state index in [1.54, 1.807) is 12.4 Å². The van der Waals surface area contributed by atoms with Crippen LogP contribution in [0.2, 0.25) is 0 Å². The SMILES string of the molecule is Cc1ccccc1CN1CCN(C(=O)CSc2nnc(-c3cccnc3)n2-c2ccccc2C)CC1. The van der Waals surface area contributed by atoms with Crippen LogP contribution in [-0.2, 0) is 11.3 Å². The fraction of sp³-hybridized carbons (Fsp3) is 0.286. The first-order valence-electron chi connectivity index (χ1n) is 12.2. The molecule has 0 spiro atoms. The number of pyridine rings is 1. The van der Waals surface area contributed by atoms with E-state index in [1.165, 1.54) is 22.9 Å². The first kappa shape index (κ1) is 24.2. The van der Waals surface area contributed by atoms with Crippen LogP contribution in [0.25, 0.3) is 17.1 Å². The van der Waals surface area contributed by atoms with Gasteiger partial charge >= 0.3 is 0 Å². The lowest BCUT2D eigenvalue weighted by atomic mass is 10.1. The lowest BCUT2D eigenvalue weighted by Gasteiger charge is -2.35. The molecule has 3 heterocycles. The maximum absolute atomic E-state index is 13.1. The summed E-state index contributed by atoms with van der Waals surface area (Å²) in [4.78, 5) is 21.7. The minimum Gasteiger partial charge on any atom is -0.339 e. The van der Waals surface area contributed by atoms with Crippen molar-refractivity contribution in [1.29, 1.82) is 0 Å². The highest BCUT2D eigenvalue weighted by Gasteiger charge is 2.23. The van der Waals surface area contributed by atoms with E-state index in [2.05, 4.69) is 70.3 Å². The molecule has 1 aliphatic rings. The molecule has 0 saturated carbocycles. The molecule has 1 aliphatic heterocycles. The normalized spacial score (nSPS) is 14.2. The number of nitrogens with zero attached hydrogens (tertiary/aromatic N) is 6. The molecule has 0 N–H and O–H groups in total. The van der Waals surface area contributed by atoms with E-state index in [9.17, 15) is 4.79 Å². The smallest absolute Gasteiger partial charge is 0.233 e. The number of para-hydroxylation sites is 1. The van der Waals surface area contributed by atoms with Crippen molar-refractivity contribution < 1.29 is 4.79 Å². The van der Waals surface area contributed by atoms with Gasteiger partial charge in [0.05, 0.1) is 11.4 Å². The van der Waals surface area contributed by atoms with E-state index < -0.39 is 0 Å². The number of aryl methyl sites for hydroxylation is 2. The van der Waals surface area contributed by atoms with Crippen molar-refractivity contribution in [2.75, 3.05) is 31.9 Å². The van der Waals surface area contributed by atoms with Crippen molar-refractivity contribution in [3.8, 4) is 17.1 Å². The summed E-state index contributed by atoms with van der Waals surface area (Å²) in [6.45, 7) is 8.41. The summed E-state index contributed by atoms with van der Waals surface area (Å²) in [7, 11) is 0. The fourth-order valence-electron chi connectivity index (χ4n) is 4.48. The zero-order chi connectivity index (χ0) is 24.9. The molecular weight excluding hydrogens is 468 g/mol. The average Bonchev–Trinajstić information content (AvgIpc) is 3.33. The summed E-state index contributed by atoms with van der Waals surface area (Å²) in [6, 6.07) is 20.5. The van der Waals surface area contributed by atoms with Crippen LogP contribution >= 0.6 is 11.8 Å². The van der Waals surface area contributed by atoms with Gasteiger partial charge in [0, 0.05) is 50.7 Å². The van der Waals surface area contributed by atoms with Gasteiger partial charge in [-0.15, -0.1) is 10.2 Å². The van der Waals surface area contributed by atoms with E-state index in [1.807, 2.05) is 33.7 Å². The number of amides is 1. The standard InChI is InChI=1S/C28H30N6OS/c1-21-8-3-5-10-24(21)19-32-14-16-33(17-15-32)26(35)20-36-28-31-30-27(23-11-7-13-29-18-23)34(28)25-12-6-4-9-22(25)2/h3-13,18H,14-17,19-20H2,1-2H3. The van der Waals surface area contributed by atoms with Crippen LogP contribution in [0.15, 0.2) is 78.2 Å². The average molecular weight is 499 g/mol. The maximum atomic E-state index is 13.1. The van der Waals surface area contributed by atoms with Gasteiger partial charge in [-0.25, -0.2) is 0 Å². The molecule has 4 aromatic rings. The number of aromatic nitrogens is 4. The highest BCUT2D eigenvalue weighted by Crippen LogP contribution is 2.29. The molecule has 0 bridgehead atoms. The highest BCUT2D eigenvalue weighted by molar-refractivity contribution is 7.99. The highest BCUT2D eigenvalue weighted by atomic mass is 32.2. The summed E-state index contributed by atoms with van der Waals surface area (Å²) >= 11 is 1.44. The molecule has 2 aromatic heterocycles. The minimum atomic E-state index is 0.137. The van der Waals surface area contributed by atoms with Gasteiger partial charge in [-0.3, -0.25) is 19.2 Å². The first-order valence-corrected chi connectivity index (χ1v) is 13.2. The molecule has 36 heavy (non-hydrogen) atoms.